The first kappa shape index (κ1) is 26.5. The number of aryl methyl sites for hydroxylation is 2. The molecule has 1 aromatic heterocycles. The lowest BCUT2D eigenvalue weighted by Gasteiger charge is -2.26. The molecule has 202 valence electrons. The summed E-state index contributed by atoms with van der Waals surface area (Å²) in [4.78, 5) is 29.4. The van der Waals surface area contributed by atoms with Crippen LogP contribution in [0.15, 0.2) is 63.8 Å². The van der Waals surface area contributed by atoms with Crippen LogP contribution >= 0.6 is 0 Å². The van der Waals surface area contributed by atoms with Crippen molar-refractivity contribution >= 4 is 16.9 Å². The van der Waals surface area contributed by atoms with Gasteiger partial charge in [0.1, 0.15) is 11.4 Å². The number of benzene rings is 3. The van der Waals surface area contributed by atoms with E-state index in [1.54, 1.807) is 36.3 Å². The number of fused-ring (bicyclic) bond motifs is 2. The molecule has 2 heterocycles. The molecule has 0 saturated carbocycles. The maximum Gasteiger partial charge on any atom is 0.291 e. The Balaban J connectivity index is 1.65. The molecule has 39 heavy (non-hydrogen) atoms. The summed E-state index contributed by atoms with van der Waals surface area (Å²) < 4.78 is 31.4. The number of halogens is 1. The summed E-state index contributed by atoms with van der Waals surface area (Å²) >= 11 is 0. The van der Waals surface area contributed by atoms with Crippen molar-refractivity contribution in [2.24, 2.45) is 5.92 Å². The van der Waals surface area contributed by atoms with Gasteiger partial charge >= 0.3 is 0 Å². The molecule has 1 aliphatic heterocycles. The number of hydrogen-bond donors (Lipinski definition) is 0. The molecule has 1 aliphatic rings. The van der Waals surface area contributed by atoms with Crippen molar-refractivity contribution in [1.29, 1.82) is 0 Å². The smallest absolute Gasteiger partial charge is 0.291 e. The van der Waals surface area contributed by atoms with E-state index in [1.165, 1.54) is 12.1 Å². The molecular formula is C32H32FNO5. The molecule has 5 rings (SSSR count). The number of carbonyl (C=O) groups is 1. The van der Waals surface area contributed by atoms with Crippen LogP contribution in [-0.2, 0) is 6.54 Å². The number of rotatable bonds is 8. The first-order chi connectivity index (χ1) is 18.7. The first-order valence-corrected chi connectivity index (χ1v) is 13.1. The molecule has 0 fully saturated rings. The van der Waals surface area contributed by atoms with Crippen LogP contribution in [0.25, 0.3) is 11.0 Å². The van der Waals surface area contributed by atoms with Crippen LogP contribution in [0.2, 0.25) is 0 Å². The third-order valence-corrected chi connectivity index (χ3v) is 7.12. The lowest BCUT2D eigenvalue weighted by molar-refractivity contribution is 0.0714. The third kappa shape index (κ3) is 5.01. The molecule has 0 radical (unpaired) electrons. The Morgan fingerprint density at radius 1 is 1.00 bits per heavy atom. The number of amides is 1. The summed E-state index contributed by atoms with van der Waals surface area (Å²) in [7, 11) is 1.56. The highest BCUT2D eigenvalue weighted by Gasteiger charge is 2.43. The van der Waals surface area contributed by atoms with Crippen LogP contribution in [0, 0.1) is 25.6 Å². The Morgan fingerprint density at radius 2 is 1.74 bits per heavy atom. The summed E-state index contributed by atoms with van der Waals surface area (Å²) in [6, 6.07) is 14.4. The van der Waals surface area contributed by atoms with Crippen LogP contribution in [-0.4, -0.2) is 24.5 Å². The Bertz CT molecular complexity index is 1610. The van der Waals surface area contributed by atoms with E-state index >= 15 is 0 Å². The van der Waals surface area contributed by atoms with E-state index in [0.29, 0.717) is 40.6 Å². The van der Waals surface area contributed by atoms with Gasteiger partial charge in [0.05, 0.1) is 30.7 Å². The summed E-state index contributed by atoms with van der Waals surface area (Å²) in [6.45, 7) is 8.75. The van der Waals surface area contributed by atoms with Crippen molar-refractivity contribution in [2.75, 3.05) is 13.7 Å². The SMILES string of the molecule is COc1cc(C2c3c(oc4c(C)cc(C)cc4c3=O)C(=O)N2Cc2ccc(F)cc2)ccc1OCCC(C)C. The van der Waals surface area contributed by atoms with Gasteiger partial charge in [-0.2, -0.15) is 0 Å². The van der Waals surface area contributed by atoms with Gasteiger partial charge in [-0.05, 0) is 78.8 Å². The topological polar surface area (TPSA) is 69.0 Å². The second-order valence-corrected chi connectivity index (χ2v) is 10.5. The number of methoxy groups -OCH3 is 1. The van der Waals surface area contributed by atoms with Crippen LogP contribution in [0.4, 0.5) is 4.39 Å². The van der Waals surface area contributed by atoms with Gasteiger partial charge in [0.25, 0.3) is 5.91 Å². The largest absolute Gasteiger partial charge is 0.493 e. The molecule has 6 nitrogen and oxygen atoms in total. The molecule has 1 atom stereocenters. The first-order valence-electron chi connectivity index (χ1n) is 13.1. The molecule has 0 saturated heterocycles. The van der Waals surface area contributed by atoms with Crippen LogP contribution in [0.3, 0.4) is 0 Å². The number of nitrogens with zero attached hydrogens (tertiary/aromatic N) is 1. The van der Waals surface area contributed by atoms with E-state index in [9.17, 15) is 14.0 Å². The van der Waals surface area contributed by atoms with E-state index in [1.807, 2.05) is 32.0 Å². The maximum absolute atomic E-state index is 14.0. The molecule has 1 unspecified atom stereocenters. The van der Waals surface area contributed by atoms with Crippen LogP contribution in [0.1, 0.15) is 64.7 Å². The molecule has 7 heteroatoms. The van der Waals surface area contributed by atoms with Crippen LogP contribution < -0.4 is 14.9 Å². The Morgan fingerprint density at radius 3 is 2.44 bits per heavy atom. The number of hydrogen-bond acceptors (Lipinski definition) is 5. The van der Waals surface area contributed by atoms with Crippen molar-refractivity contribution in [3.8, 4) is 11.5 Å². The highest BCUT2D eigenvalue weighted by molar-refractivity contribution is 5.99. The number of carbonyl (C=O) groups excluding carboxylic acids is 1. The normalized spacial score (nSPS) is 14.8. The molecule has 3 aromatic carbocycles. The molecule has 0 spiro atoms. The van der Waals surface area contributed by atoms with Crippen molar-refractivity contribution in [3.05, 3.63) is 104 Å². The maximum atomic E-state index is 14.0. The Kier molecular flexibility index (Phi) is 7.17. The number of ether oxygens (including phenoxy) is 2. The van der Waals surface area contributed by atoms with Crippen molar-refractivity contribution in [2.45, 2.75) is 46.7 Å². The van der Waals surface area contributed by atoms with E-state index in [0.717, 1.165) is 23.1 Å². The monoisotopic (exact) mass is 529 g/mol. The molecule has 1 amide bonds. The van der Waals surface area contributed by atoms with Crippen LogP contribution in [0.5, 0.6) is 11.5 Å². The summed E-state index contributed by atoms with van der Waals surface area (Å²) in [5, 5.41) is 0.438. The minimum Gasteiger partial charge on any atom is -0.493 e. The lowest BCUT2D eigenvalue weighted by Crippen LogP contribution is -2.29. The van der Waals surface area contributed by atoms with Gasteiger partial charge in [0, 0.05) is 6.54 Å². The fourth-order valence-corrected chi connectivity index (χ4v) is 5.15. The third-order valence-electron chi connectivity index (χ3n) is 7.12. The minimum absolute atomic E-state index is 0.0304. The predicted octanol–water partition coefficient (Wildman–Crippen LogP) is 6.73. The van der Waals surface area contributed by atoms with E-state index < -0.39 is 11.9 Å². The molecule has 4 aromatic rings. The van der Waals surface area contributed by atoms with Gasteiger partial charge in [0.2, 0.25) is 5.76 Å². The van der Waals surface area contributed by atoms with Gasteiger partial charge in [-0.1, -0.05) is 38.1 Å². The van der Waals surface area contributed by atoms with Gasteiger partial charge in [-0.3, -0.25) is 9.59 Å². The van der Waals surface area contributed by atoms with Gasteiger partial charge in [-0.25, -0.2) is 4.39 Å². The standard InChI is InChI=1S/C32H32FNO5/c1-18(2)12-13-38-25-11-8-22(16-26(25)37-5)28-27-29(35)24-15-19(3)14-20(4)30(24)39-31(27)32(36)34(28)17-21-6-9-23(33)10-7-21/h6-11,14-16,18,28H,12-13,17H2,1-5H3. The molecule has 0 bridgehead atoms. The van der Waals surface area contributed by atoms with Crippen molar-refractivity contribution in [1.82, 2.24) is 4.90 Å². The van der Waals surface area contributed by atoms with E-state index in [-0.39, 0.29) is 29.1 Å². The van der Waals surface area contributed by atoms with Gasteiger partial charge in [0.15, 0.2) is 16.9 Å². The Labute approximate surface area is 227 Å². The van der Waals surface area contributed by atoms with Crippen molar-refractivity contribution in [3.63, 3.8) is 0 Å². The minimum atomic E-state index is -0.724. The van der Waals surface area contributed by atoms with Gasteiger partial charge in [-0.15, -0.1) is 0 Å². The van der Waals surface area contributed by atoms with E-state index in [4.69, 9.17) is 13.9 Å². The fourth-order valence-electron chi connectivity index (χ4n) is 5.15. The predicted molar refractivity (Wildman–Crippen MR) is 148 cm³/mol. The van der Waals surface area contributed by atoms with E-state index in [2.05, 4.69) is 13.8 Å². The summed E-state index contributed by atoms with van der Waals surface area (Å²) in [5.74, 6) is 0.872. The second-order valence-electron chi connectivity index (χ2n) is 10.5. The molecular weight excluding hydrogens is 497 g/mol. The highest BCUT2D eigenvalue weighted by Crippen LogP contribution is 2.42. The Hall–Kier alpha value is -4.13. The zero-order chi connectivity index (χ0) is 27.8. The second kappa shape index (κ2) is 10.6. The summed E-state index contributed by atoms with van der Waals surface area (Å²) in [6.07, 6.45) is 0.897. The van der Waals surface area contributed by atoms with Gasteiger partial charge < -0.3 is 18.8 Å². The molecule has 0 aliphatic carbocycles. The lowest BCUT2D eigenvalue weighted by atomic mass is 9.96. The quantitative estimate of drug-likeness (QED) is 0.253. The fraction of sp³-hybridized carbons (Fsp3) is 0.312. The zero-order valence-corrected chi connectivity index (χ0v) is 22.8. The van der Waals surface area contributed by atoms with Crippen molar-refractivity contribution < 1.29 is 23.1 Å². The average molecular weight is 530 g/mol. The molecule has 0 N–H and O–H groups in total. The highest BCUT2D eigenvalue weighted by atomic mass is 19.1. The zero-order valence-electron chi connectivity index (χ0n) is 22.8. The summed E-state index contributed by atoms with van der Waals surface area (Å²) in [5.41, 5.74) is 3.59. The average Bonchev–Trinajstić information content (AvgIpc) is 3.17.